The molecule has 2 atom stereocenters. The summed E-state index contributed by atoms with van der Waals surface area (Å²) < 4.78 is 28.4. The molecule has 1 aliphatic heterocycles. The molecule has 0 spiro atoms. The van der Waals surface area contributed by atoms with Crippen LogP contribution in [-0.4, -0.2) is 38.4 Å². The lowest BCUT2D eigenvalue weighted by Gasteiger charge is -2.11. The summed E-state index contributed by atoms with van der Waals surface area (Å²) in [6.07, 6.45) is 1.21. The topological polar surface area (TPSA) is 60.4 Å². The summed E-state index contributed by atoms with van der Waals surface area (Å²) in [5.41, 5.74) is 0. The summed E-state index contributed by atoms with van der Waals surface area (Å²) in [6, 6.07) is 0. The molecule has 1 heterocycles. The van der Waals surface area contributed by atoms with E-state index in [1.54, 1.807) is 6.92 Å². The Morgan fingerprint density at radius 2 is 2.20 bits per heavy atom. The van der Waals surface area contributed by atoms with Crippen LogP contribution in [0.1, 0.15) is 26.7 Å². The van der Waals surface area contributed by atoms with Gasteiger partial charge in [0.1, 0.15) is 5.75 Å². The number of sulfone groups is 1. The Morgan fingerprint density at radius 3 is 2.67 bits per heavy atom. The lowest BCUT2D eigenvalue weighted by molar-refractivity contribution is -0.120. The molecule has 0 aromatic heterocycles. The van der Waals surface area contributed by atoms with Crippen molar-refractivity contribution in [1.82, 2.24) is 0 Å². The second kappa shape index (κ2) is 5.07. The van der Waals surface area contributed by atoms with Crippen molar-refractivity contribution in [2.24, 2.45) is 5.92 Å². The zero-order valence-electron chi connectivity index (χ0n) is 9.23. The summed E-state index contributed by atoms with van der Waals surface area (Å²) >= 11 is 0. The number of rotatable bonds is 5. The number of hydrogen-bond acceptors (Lipinski definition) is 4. The van der Waals surface area contributed by atoms with Crippen LogP contribution in [0.25, 0.3) is 0 Å². The van der Waals surface area contributed by atoms with E-state index >= 15 is 0 Å². The van der Waals surface area contributed by atoms with Gasteiger partial charge in [-0.2, -0.15) is 0 Å². The molecule has 5 heteroatoms. The first-order chi connectivity index (χ1) is 6.97. The zero-order valence-corrected chi connectivity index (χ0v) is 10.0. The third-order valence-corrected chi connectivity index (χ3v) is 5.16. The van der Waals surface area contributed by atoms with E-state index in [4.69, 9.17) is 4.74 Å². The van der Waals surface area contributed by atoms with Gasteiger partial charge in [0, 0.05) is 12.5 Å². The molecule has 1 saturated heterocycles. The van der Waals surface area contributed by atoms with Crippen LogP contribution in [0.15, 0.2) is 0 Å². The predicted octanol–water partition coefficient (Wildman–Crippen LogP) is 0.805. The van der Waals surface area contributed by atoms with Gasteiger partial charge in [-0.15, -0.1) is 0 Å². The molecule has 2 unspecified atom stereocenters. The van der Waals surface area contributed by atoms with Gasteiger partial charge in [0.25, 0.3) is 0 Å². The van der Waals surface area contributed by atoms with E-state index in [0.29, 0.717) is 26.1 Å². The molecule has 0 aliphatic carbocycles. The summed E-state index contributed by atoms with van der Waals surface area (Å²) in [5, 5.41) is -0.427. The Hall–Kier alpha value is -0.420. The number of hydrogen-bond donors (Lipinski definition) is 0. The lowest BCUT2D eigenvalue weighted by atomic mass is 10.1. The SMILES string of the molecule is CCC(C)S(=O)(=O)CC(=O)C1CCOC1. The van der Waals surface area contributed by atoms with Gasteiger partial charge in [0.05, 0.1) is 11.9 Å². The molecule has 1 rings (SSSR count). The summed E-state index contributed by atoms with van der Waals surface area (Å²) in [5.74, 6) is -0.715. The molecule has 1 aliphatic rings. The molecule has 0 aromatic carbocycles. The van der Waals surface area contributed by atoms with Crippen molar-refractivity contribution in [2.45, 2.75) is 31.9 Å². The summed E-state index contributed by atoms with van der Waals surface area (Å²) in [4.78, 5) is 11.6. The molecule has 88 valence electrons. The van der Waals surface area contributed by atoms with E-state index in [-0.39, 0.29) is 17.5 Å². The molecule has 4 nitrogen and oxygen atoms in total. The minimum atomic E-state index is -3.25. The van der Waals surface area contributed by atoms with Crippen molar-refractivity contribution in [1.29, 1.82) is 0 Å². The van der Waals surface area contributed by atoms with Crippen LogP contribution in [0.4, 0.5) is 0 Å². The minimum absolute atomic E-state index is 0.187. The highest BCUT2D eigenvalue weighted by Gasteiger charge is 2.29. The van der Waals surface area contributed by atoms with E-state index < -0.39 is 15.1 Å². The fourth-order valence-electron chi connectivity index (χ4n) is 1.50. The van der Waals surface area contributed by atoms with Gasteiger partial charge in [-0.1, -0.05) is 6.92 Å². The second-order valence-electron chi connectivity index (χ2n) is 4.05. The van der Waals surface area contributed by atoms with Gasteiger partial charge in [0.15, 0.2) is 15.6 Å². The second-order valence-corrected chi connectivity index (χ2v) is 6.47. The van der Waals surface area contributed by atoms with E-state index in [1.807, 2.05) is 6.92 Å². The molecule has 0 amide bonds. The van der Waals surface area contributed by atoms with Crippen molar-refractivity contribution in [3.63, 3.8) is 0 Å². The monoisotopic (exact) mass is 234 g/mol. The fraction of sp³-hybridized carbons (Fsp3) is 0.900. The van der Waals surface area contributed by atoms with Gasteiger partial charge in [-0.25, -0.2) is 8.42 Å². The van der Waals surface area contributed by atoms with Gasteiger partial charge < -0.3 is 4.74 Å². The smallest absolute Gasteiger partial charge is 0.159 e. The molecular weight excluding hydrogens is 216 g/mol. The van der Waals surface area contributed by atoms with E-state index in [2.05, 4.69) is 0 Å². The number of ketones is 1. The Morgan fingerprint density at radius 1 is 1.53 bits per heavy atom. The average molecular weight is 234 g/mol. The fourth-order valence-corrected chi connectivity index (χ4v) is 2.93. The maximum absolute atomic E-state index is 11.7. The van der Waals surface area contributed by atoms with Gasteiger partial charge in [-0.3, -0.25) is 4.79 Å². The van der Waals surface area contributed by atoms with E-state index in [1.165, 1.54) is 0 Å². The van der Waals surface area contributed by atoms with Crippen molar-refractivity contribution in [3.8, 4) is 0 Å². The summed E-state index contributed by atoms with van der Waals surface area (Å²) in [6.45, 7) is 4.41. The Labute approximate surface area is 90.9 Å². The highest BCUT2D eigenvalue weighted by Crippen LogP contribution is 2.16. The molecule has 0 N–H and O–H groups in total. The highest BCUT2D eigenvalue weighted by molar-refractivity contribution is 7.92. The van der Waals surface area contributed by atoms with Gasteiger partial charge >= 0.3 is 0 Å². The van der Waals surface area contributed by atoms with Crippen LogP contribution < -0.4 is 0 Å². The van der Waals surface area contributed by atoms with Crippen LogP contribution in [0.3, 0.4) is 0 Å². The van der Waals surface area contributed by atoms with Crippen LogP contribution in [0.2, 0.25) is 0 Å². The first-order valence-corrected chi connectivity index (χ1v) is 7.01. The van der Waals surface area contributed by atoms with Crippen LogP contribution in [0, 0.1) is 5.92 Å². The Balaban J connectivity index is 2.57. The highest BCUT2D eigenvalue weighted by atomic mass is 32.2. The van der Waals surface area contributed by atoms with Gasteiger partial charge in [0.2, 0.25) is 0 Å². The first-order valence-electron chi connectivity index (χ1n) is 5.29. The molecule has 0 radical (unpaired) electrons. The minimum Gasteiger partial charge on any atom is -0.381 e. The standard InChI is InChI=1S/C10H18O4S/c1-3-8(2)15(12,13)7-10(11)9-4-5-14-6-9/h8-9H,3-7H2,1-2H3. The molecule has 0 saturated carbocycles. The quantitative estimate of drug-likeness (QED) is 0.706. The van der Waals surface area contributed by atoms with Crippen molar-refractivity contribution < 1.29 is 17.9 Å². The summed E-state index contributed by atoms with van der Waals surface area (Å²) in [7, 11) is -3.25. The van der Waals surface area contributed by atoms with Crippen LogP contribution in [-0.2, 0) is 19.4 Å². The average Bonchev–Trinajstić information content (AvgIpc) is 2.68. The predicted molar refractivity (Wildman–Crippen MR) is 57.5 cm³/mol. The maximum Gasteiger partial charge on any atom is 0.159 e. The molecular formula is C10H18O4S. The third kappa shape index (κ3) is 3.28. The van der Waals surface area contributed by atoms with E-state index in [0.717, 1.165) is 0 Å². The van der Waals surface area contributed by atoms with Crippen molar-refractivity contribution in [2.75, 3.05) is 19.0 Å². The maximum atomic E-state index is 11.7. The Bertz CT molecular complexity index is 314. The molecule has 0 bridgehead atoms. The van der Waals surface area contributed by atoms with E-state index in [9.17, 15) is 13.2 Å². The lowest BCUT2D eigenvalue weighted by Crippen LogP contribution is -2.29. The normalized spacial score (nSPS) is 24.0. The van der Waals surface area contributed by atoms with Crippen molar-refractivity contribution >= 4 is 15.6 Å². The molecule has 15 heavy (non-hydrogen) atoms. The number of carbonyl (C=O) groups excluding carboxylic acids is 1. The molecule has 1 fully saturated rings. The first kappa shape index (κ1) is 12.6. The number of carbonyl (C=O) groups is 1. The third-order valence-electron chi connectivity index (χ3n) is 2.92. The zero-order chi connectivity index (χ0) is 11.5. The van der Waals surface area contributed by atoms with Crippen LogP contribution in [0.5, 0.6) is 0 Å². The Kier molecular flexibility index (Phi) is 4.28. The van der Waals surface area contributed by atoms with Crippen LogP contribution >= 0.6 is 0 Å². The molecule has 0 aromatic rings. The largest absolute Gasteiger partial charge is 0.381 e. The van der Waals surface area contributed by atoms with Gasteiger partial charge in [-0.05, 0) is 19.8 Å². The number of ether oxygens (including phenoxy) is 1. The number of Topliss-reactive ketones (excluding diaryl/α,β-unsaturated/α-hetero) is 1. The van der Waals surface area contributed by atoms with Crippen molar-refractivity contribution in [3.05, 3.63) is 0 Å².